The number of carboxylic acid groups (broad SMARTS) is 2. The number of nitrogens with one attached hydrogen (secondary N) is 2. The minimum absolute atomic E-state index is 0.0108. The van der Waals surface area contributed by atoms with Crippen molar-refractivity contribution in [3.63, 3.8) is 0 Å². The first-order valence-electron chi connectivity index (χ1n) is 11.1. The summed E-state index contributed by atoms with van der Waals surface area (Å²) in [7, 11) is 0. The lowest BCUT2D eigenvalue weighted by Gasteiger charge is -2.33. The lowest BCUT2D eigenvalue weighted by atomic mass is 10.0. The molecule has 0 unspecified atom stereocenters. The number of nitrogen functional groups attached to an aromatic ring is 1. The Morgan fingerprint density at radius 3 is 1.87 bits per heavy atom. The first-order valence-corrected chi connectivity index (χ1v) is 11.1. The van der Waals surface area contributed by atoms with E-state index in [1.54, 1.807) is 36.4 Å². The molecule has 2 amide bonds. The zero-order chi connectivity index (χ0) is 28.8. The maximum absolute atomic E-state index is 12.6. The van der Waals surface area contributed by atoms with Crippen molar-refractivity contribution in [1.29, 1.82) is 5.41 Å². The highest BCUT2D eigenvalue weighted by molar-refractivity contribution is 6.05. The van der Waals surface area contributed by atoms with Crippen LogP contribution in [0.4, 0.5) is 23.7 Å². The Balaban J connectivity index is 0.000000638. The zero-order valence-corrected chi connectivity index (χ0v) is 20.8. The normalized spacial score (nSPS) is 11.2. The number of amidine groups is 1. The maximum Gasteiger partial charge on any atom is 0.490 e. The van der Waals surface area contributed by atoms with E-state index in [2.05, 4.69) is 5.32 Å². The van der Waals surface area contributed by atoms with Gasteiger partial charge in [0.05, 0.1) is 0 Å². The van der Waals surface area contributed by atoms with Crippen LogP contribution in [0.3, 0.4) is 0 Å². The third kappa shape index (κ3) is 8.22. The number of carbonyl (C=O) groups excluding carboxylic acids is 1. The molecule has 0 fully saturated rings. The molecule has 0 atom stereocenters. The second-order valence-electron chi connectivity index (χ2n) is 9.18. The lowest BCUT2D eigenvalue weighted by molar-refractivity contribution is -0.192. The molecule has 12 heteroatoms. The van der Waals surface area contributed by atoms with E-state index in [0.717, 1.165) is 16.3 Å². The van der Waals surface area contributed by atoms with Crippen LogP contribution >= 0.6 is 0 Å². The second-order valence-corrected chi connectivity index (χ2v) is 9.18. The summed E-state index contributed by atoms with van der Waals surface area (Å²) in [5.74, 6) is -3.00. The molecule has 0 aliphatic heterocycles. The van der Waals surface area contributed by atoms with Gasteiger partial charge < -0.3 is 21.3 Å². The molecule has 0 spiro atoms. The van der Waals surface area contributed by atoms with Crippen molar-refractivity contribution in [3.8, 4) is 0 Å². The van der Waals surface area contributed by atoms with Gasteiger partial charge in [-0.1, -0.05) is 30.3 Å². The monoisotopic (exact) mass is 532 g/mol. The SMILES string of the molecule is CC(C)(C)N(Cc1ccc(C(=O)Nc2ccc3cc(C(=N)N)ccc3c2)cc1)C(=O)O.O=C(O)C(F)(F)F. The van der Waals surface area contributed by atoms with Crippen LogP contribution in [0.1, 0.15) is 42.3 Å². The molecule has 0 saturated carbocycles. The van der Waals surface area contributed by atoms with E-state index in [1.807, 2.05) is 45.0 Å². The Bertz CT molecular complexity index is 1350. The number of anilines is 1. The largest absolute Gasteiger partial charge is 0.490 e. The molecule has 0 aliphatic carbocycles. The molecule has 0 heterocycles. The summed E-state index contributed by atoms with van der Waals surface area (Å²) in [5, 5.41) is 28.8. The lowest BCUT2D eigenvalue weighted by Crippen LogP contribution is -2.44. The van der Waals surface area contributed by atoms with Crippen molar-refractivity contribution in [1.82, 2.24) is 4.90 Å². The number of aliphatic carboxylic acids is 1. The van der Waals surface area contributed by atoms with E-state index in [0.29, 0.717) is 16.8 Å². The number of nitrogens with zero attached hydrogens (tertiary/aromatic N) is 1. The van der Waals surface area contributed by atoms with Gasteiger partial charge in [0.15, 0.2) is 0 Å². The Morgan fingerprint density at radius 2 is 1.39 bits per heavy atom. The van der Waals surface area contributed by atoms with E-state index in [1.165, 1.54) is 4.90 Å². The molecule has 3 aromatic rings. The van der Waals surface area contributed by atoms with Crippen LogP contribution in [0.5, 0.6) is 0 Å². The molecule has 0 radical (unpaired) electrons. The van der Waals surface area contributed by atoms with Gasteiger partial charge in [-0.05, 0) is 67.4 Å². The van der Waals surface area contributed by atoms with E-state index < -0.39 is 23.8 Å². The molecule has 38 heavy (non-hydrogen) atoms. The van der Waals surface area contributed by atoms with E-state index in [4.69, 9.17) is 21.0 Å². The zero-order valence-electron chi connectivity index (χ0n) is 20.8. The first kappa shape index (κ1) is 29.6. The van der Waals surface area contributed by atoms with Crippen molar-refractivity contribution in [2.75, 3.05) is 5.32 Å². The second kappa shape index (κ2) is 11.6. The standard InChI is InChI=1S/C24H26N4O3.C2HF3O2/c1-24(2,3)28(23(30)31)14-15-4-6-16(7-5-15)22(29)27-20-11-10-17-12-19(21(25)26)9-8-18(17)13-20;3-2(4,5)1(6)7/h4-13H,14H2,1-3H3,(H3,25,26)(H,27,29)(H,30,31);(H,6,7). The quantitative estimate of drug-likeness (QED) is 0.222. The van der Waals surface area contributed by atoms with Crippen molar-refractivity contribution in [3.05, 3.63) is 77.4 Å². The number of carboxylic acids is 1. The molecular formula is C26H27F3N4O5. The highest BCUT2D eigenvalue weighted by Gasteiger charge is 2.38. The van der Waals surface area contributed by atoms with Crippen LogP contribution in [0.2, 0.25) is 0 Å². The van der Waals surface area contributed by atoms with E-state index >= 15 is 0 Å². The summed E-state index contributed by atoms with van der Waals surface area (Å²) < 4.78 is 31.7. The number of alkyl halides is 3. The molecule has 0 bridgehead atoms. The van der Waals surface area contributed by atoms with Crippen LogP contribution in [0.15, 0.2) is 60.7 Å². The van der Waals surface area contributed by atoms with Gasteiger partial charge in [0.1, 0.15) is 5.84 Å². The van der Waals surface area contributed by atoms with Crippen LogP contribution in [0, 0.1) is 5.41 Å². The van der Waals surface area contributed by atoms with Gasteiger partial charge in [-0.3, -0.25) is 15.1 Å². The number of benzene rings is 3. The highest BCUT2D eigenvalue weighted by Crippen LogP contribution is 2.22. The predicted molar refractivity (Wildman–Crippen MR) is 136 cm³/mol. The molecule has 0 saturated heterocycles. The molecule has 3 rings (SSSR count). The average Bonchev–Trinajstić information content (AvgIpc) is 2.81. The van der Waals surface area contributed by atoms with Gasteiger partial charge in [-0.2, -0.15) is 13.2 Å². The molecule has 6 N–H and O–H groups in total. The van der Waals surface area contributed by atoms with Crippen molar-refractivity contribution >= 4 is 40.3 Å². The van der Waals surface area contributed by atoms with E-state index in [-0.39, 0.29) is 18.3 Å². The minimum Gasteiger partial charge on any atom is -0.475 e. The number of amides is 2. The molecule has 9 nitrogen and oxygen atoms in total. The first-order chi connectivity index (χ1) is 17.5. The Kier molecular flexibility index (Phi) is 9.06. The van der Waals surface area contributed by atoms with Gasteiger partial charge in [-0.15, -0.1) is 0 Å². The third-order valence-corrected chi connectivity index (χ3v) is 5.25. The van der Waals surface area contributed by atoms with Gasteiger partial charge in [-0.25, -0.2) is 9.59 Å². The number of hydrogen-bond acceptors (Lipinski definition) is 4. The Labute approximate surface area is 216 Å². The van der Waals surface area contributed by atoms with E-state index in [9.17, 15) is 27.9 Å². The number of nitrogens with two attached hydrogens (primary N) is 1. The van der Waals surface area contributed by atoms with Gasteiger partial charge in [0, 0.05) is 28.9 Å². The fourth-order valence-electron chi connectivity index (χ4n) is 3.23. The summed E-state index contributed by atoms with van der Waals surface area (Å²) in [4.78, 5) is 34.4. The number of rotatable bonds is 5. The minimum atomic E-state index is -5.08. The summed E-state index contributed by atoms with van der Waals surface area (Å²) >= 11 is 0. The summed E-state index contributed by atoms with van der Waals surface area (Å²) in [6.45, 7) is 5.77. The summed E-state index contributed by atoms with van der Waals surface area (Å²) in [5.41, 5.74) is 7.60. The highest BCUT2D eigenvalue weighted by atomic mass is 19.4. The number of carbonyl (C=O) groups is 3. The van der Waals surface area contributed by atoms with Crippen molar-refractivity contribution < 1.29 is 37.8 Å². The fourth-order valence-corrected chi connectivity index (χ4v) is 3.23. The third-order valence-electron chi connectivity index (χ3n) is 5.25. The molecular weight excluding hydrogens is 505 g/mol. The Hall–Kier alpha value is -4.61. The number of halogens is 3. The summed E-state index contributed by atoms with van der Waals surface area (Å²) in [6.07, 6.45) is -6.07. The van der Waals surface area contributed by atoms with Crippen LogP contribution in [-0.2, 0) is 11.3 Å². The van der Waals surface area contributed by atoms with Crippen LogP contribution < -0.4 is 11.1 Å². The van der Waals surface area contributed by atoms with Gasteiger partial charge in [0.2, 0.25) is 0 Å². The molecule has 202 valence electrons. The van der Waals surface area contributed by atoms with Gasteiger partial charge in [0.25, 0.3) is 5.91 Å². The number of fused-ring (bicyclic) bond motifs is 1. The molecule has 0 aliphatic rings. The smallest absolute Gasteiger partial charge is 0.475 e. The van der Waals surface area contributed by atoms with Gasteiger partial charge >= 0.3 is 18.2 Å². The van der Waals surface area contributed by atoms with Crippen molar-refractivity contribution in [2.45, 2.75) is 39.0 Å². The average molecular weight is 533 g/mol. The predicted octanol–water partition coefficient (Wildman–Crippen LogP) is 5.29. The maximum atomic E-state index is 12.6. The topological polar surface area (TPSA) is 157 Å². The molecule has 0 aromatic heterocycles. The van der Waals surface area contributed by atoms with Crippen LogP contribution in [-0.4, -0.2) is 50.6 Å². The summed E-state index contributed by atoms with van der Waals surface area (Å²) in [6, 6.07) is 17.9. The fraction of sp³-hybridized carbons (Fsp3) is 0.231. The number of hydrogen-bond donors (Lipinski definition) is 5. The van der Waals surface area contributed by atoms with Crippen LogP contribution in [0.25, 0.3) is 10.8 Å². The Morgan fingerprint density at radius 1 is 0.895 bits per heavy atom. The van der Waals surface area contributed by atoms with Crippen molar-refractivity contribution in [2.24, 2.45) is 5.73 Å². The molecule has 3 aromatic carbocycles.